The average Bonchev–Trinajstić information content (AvgIpc) is 2.69. The van der Waals surface area contributed by atoms with Crippen molar-refractivity contribution in [2.75, 3.05) is 6.61 Å². The van der Waals surface area contributed by atoms with Crippen LogP contribution in [0.2, 0.25) is 0 Å². The Morgan fingerprint density at radius 2 is 1.22 bits per heavy atom. The minimum absolute atomic E-state index is 0.0888. The van der Waals surface area contributed by atoms with E-state index in [0.29, 0.717) is 23.5 Å². The van der Waals surface area contributed by atoms with Crippen molar-refractivity contribution < 1.29 is 30.0 Å². The summed E-state index contributed by atoms with van der Waals surface area (Å²) in [6.45, 7) is 4.11. The highest BCUT2D eigenvalue weighted by Gasteiger charge is 2.10. The van der Waals surface area contributed by atoms with Gasteiger partial charge in [-0.05, 0) is 36.6 Å². The second-order valence-electron chi connectivity index (χ2n) is 5.81. The summed E-state index contributed by atoms with van der Waals surface area (Å²) >= 11 is 0. The molecule has 0 aliphatic rings. The number of aromatic carboxylic acids is 2. The van der Waals surface area contributed by atoms with E-state index in [1.54, 1.807) is 60.7 Å². The van der Waals surface area contributed by atoms with Crippen molar-refractivity contribution in [1.82, 2.24) is 0 Å². The Balaban J connectivity index is 0.000000376. The van der Waals surface area contributed by atoms with Gasteiger partial charge in [0, 0.05) is 6.61 Å². The first kappa shape index (κ1) is 24.3. The number of benzene rings is 2. The standard InChI is InChI=1S/2C7H6O2.C7H16O2/c2*8-7(9)6-4-2-1-3-5-6;1-3-6(2)7(9)4-5-8/h2*1-5H,(H,8,9);6-9H,3-5H2,1-2H3. The average molecular weight is 376 g/mol. The lowest BCUT2D eigenvalue weighted by atomic mass is 10.00. The van der Waals surface area contributed by atoms with Crippen LogP contribution in [0.1, 0.15) is 47.4 Å². The third-order valence-corrected chi connectivity index (χ3v) is 3.77. The highest BCUT2D eigenvalue weighted by molar-refractivity contribution is 5.87. The van der Waals surface area contributed by atoms with E-state index in [4.69, 9.17) is 20.4 Å². The third kappa shape index (κ3) is 11.5. The Labute approximate surface area is 159 Å². The molecular weight excluding hydrogens is 348 g/mol. The fraction of sp³-hybridized carbons (Fsp3) is 0.333. The third-order valence-electron chi connectivity index (χ3n) is 3.77. The molecule has 6 nitrogen and oxygen atoms in total. The van der Waals surface area contributed by atoms with Crippen molar-refractivity contribution in [2.24, 2.45) is 5.92 Å². The summed E-state index contributed by atoms with van der Waals surface area (Å²) in [6.07, 6.45) is 1.16. The van der Waals surface area contributed by atoms with Crippen LogP contribution in [0, 0.1) is 5.92 Å². The van der Waals surface area contributed by atoms with Gasteiger partial charge in [0.15, 0.2) is 0 Å². The van der Waals surface area contributed by atoms with Gasteiger partial charge < -0.3 is 20.4 Å². The molecule has 0 spiro atoms. The van der Waals surface area contributed by atoms with Gasteiger partial charge in [0.2, 0.25) is 0 Å². The molecular formula is C21H28O6. The zero-order valence-corrected chi connectivity index (χ0v) is 15.7. The lowest BCUT2D eigenvalue weighted by Crippen LogP contribution is -2.17. The zero-order chi connectivity index (χ0) is 20.7. The van der Waals surface area contributed by atoms with E-state index in [-0.39, 0.29) is 12.7 Å². The maximum atomic E-state index is 10.2. The van der Waals surface area contributed by atoms with Gasteiger partial charge in [-0.25, -0.2) is 9.59 Å². The second-order valence-corrected chi connectivity index (χ2v) is 5.81. The number of aliphatic hydroxyl groups is 2. The molecule has 148 valence electrons. The number of carbonyl (C=O) groups is 2. The molecule has 6 heteroatoms. The highest BCUT2D eigenvalue weighted by Crippen LogP contribution is 2.09. The molecule has 2 aromatic rings. The first-order chi connectivity index (χ1) is 12.8. The van der Waals surface area contributed by atoms with Gasteiger partial charge in [-0.3, -0.25) is 0 Å². The molecule has 4 N–H and O–H groups in total. The predicted octanol–water partition coefficient (Wildman–Crippen LogP) is 3.55. The monoisotopic (exact) mass is 376 g/mol. The second kappa shape index (κ2) is 14.5. The van der Waals surface area contributed by atoms with E-state index in [1.807, 2.05) is 13.8 Å². The zero-order valence-electron chi connectivity index (χ0n) is 15.7. The van der Waals surface area contributed by atoms with Gasteiger partial charge in [-0.1, -0.05) is 56.7 Å². The smallest absolute Gasteiger partial charge is 0.335 e. The maximum Gasteiger partial charge on any atom is 0.335 e. The van der Waals surface area contributed by atoms with Crippen molar-refractivity contribution in [3.8, 4) is 0 Å². The summed E-state index contributed by atoms with van der Waals surface area (Å²) in [4.78, 5) is 20.4. The first-order valence-electron chi connectivity index (χ1n) is 8.69. The molecule has 0 saturated carbocycles. The van der Waals surface area contributed by atoms with Crippen LogP contribution in [0.5, 0.6) is 0 Å². The number of carboxylic acid groups (broad SMARTS) is 2. The molecule has 0 radical (unpaired) electrons. The summed E-state index contributed by atoms with van der Waals surface area (Å²) < 4.78 is 0. The van der Waals surface area contributed by atoms with E-state index in [1.165, 1.54) is 0 Å². The fourth-order valence-electron chi connectivity index (χ4n) is 1.85. The van der Waals surface area contributed by atoms with Crippen molar-refractivity contribution in [1.29, 1.82) is 0 Å². The number of carboxylic acids is 2. The van der Waals surface area contributed by atoms with Crippen molar-refractivity contribution in [3.05, 3.63) is 71.8 Å². The molecule has 0 aromatic heterocycles. The van der Waals surface area contributed by atoms with Gasteiger partial charge in [0.25, 0.3) is 0 Å². The van der Waals surface area contributed by atoms with Crippen LogP contribution < -0.4 is 0 Å². The van der Waals surface area contributed by atoms with Crippen molar-refractivity contribution in [3.63, 3.8) is 0 Å². The van der Waals surface area contributed by atoms with Gasteiger partial charge >= 0.3 is 11.9 Å². The van der Waals surface area contributed by atoms with Crippen LogP contribution in [0.25, 0.3) is 0 Å². The summed E-state index contributed by atoms with van der Waals surface area (Å²) in [5, 5.41) is 34.3. The lowest BCUT2D eigenvalue weighted by molar-refractivity contribution is 0.0686. The van der Waals surface area contributed by atoms with E-state index in [9.17, 15) is 9.59 Å². The molecule has 2 aromatic carbocycles. The molecule has 0 heterocycles. The molecule has 0 saturated heterocycles. The van der Waals surface area contributed by atoms with Gasteiger partial charge in [-0.2, -0.15) is 0 Å². The Bertz CT molecular complexity index is 593. The number of hydrogen-bond donors (Lipinski definition) is 4. The van der Waals surface area contributed by atoms with E-state index < -0.39 is 11.9 Å². The molecule has 2 rings (SSSR count). The largest absolute Gasteiger partial charge is 0.478 e. The molecule has 0 fully saturated rings. The van der Waals surface area contributed by atoms with Crippen LogP contribution in [-0.4, -0.2) is 45.1 Å². The van der Waals surface area contributed by atoms with E-state index in [2.05, 4.69) is 0 Å². The fourth-order valence-corrected chi connectivity index (χ4v) is 1.85. The molecule has 0 bridgehead atoms. The molecule has 0 aliphatic heterocycles. The Hall–Kier alpha value is -2.70. The van der Waals surface area contributed by atoms with Crippen molar-refractivity contribution in [2.45, 2.75) is 32.8 Å². The molecule has 2 unspecified atom stereocenters. The van der Waals surface area contributed by atoms with Crippen LogP contribution >= 0.6 is 0 Å². The summed E-state index contributed by atoms with van der Waals surface area (Å²) in [6, 6.07) is 16.6. The minimum atomic E-state index is -0.879. The van der Waals surface area contributed by atoms with Crippen LogP contribution in [0.4, 0.5) is 0 Å². The summed E-state index contributed by atoms with van der Waals surface area (Å²) in [5.74, 6) is -1.44. The SMILES string of the molecule is CCC(C)C(O)CCO.O=C(O)c1ccccc1.O=C(O)c1ccccc1. The number of aliphatic hydroxyl groups excluding tert-OH is 2. The molecule has 0 amide bonds. The van der Waals surface area contributed by atoms with Crippen molar-refractivity contribution >= 4 is 11.9 Å². The van der Waals surface area contributed by atoms with Gasteiger partial charge in [0.1, 0.15) is 0 Å². The van der Waals surface area contributed by atoms with Crippen LogP contribution in [0.15, 0.2) is 60.7 Å². The molecule has 27 heavy (non-hydrogen) atoms. The van der Waals surface area contributed by atoms with Crippen LogP contribution in [-0.2, 0) is 0 Å². The normalized spacial score (nSPS) is 11.7. The van der Waals surface area contributed by atoms with Crippen LogP contribution in [0.3, 0.4) is 0 Å². The van der Waals surface area contributed by atoms with Gasteiger partial charge in [0.05, 0.1) is 17.2 Å². The Morgan fingerprint density at radius 3 is 1.44 bits per heavy atom. The highest BCUT2D eigenvalue weighted by atomic mass is 16.4. The molecule has 2 atom stereocenters. The number of rotatable bonds is 6. The summed E-state index contributed by atoms with van der Waals surface area (Å²) in [7, 11) is 0. The van der Waals surface area contributed by atoms with Gasteiger partial charge in [-0.15, -0.1) is 0 Å². The lowest BCUT2D eigenvalue weighted by Gasteiger charge is -2.14. The first-order valence-corrected chi connectivity index (χ1v) is 8.69. The molecule has 0 aliphatic carbocycles. The summed E-state index contributed by atoms with van der Waals surface area (Å²) in [5.41, 5.74) is 0.662. The number of hydrogen-bond acceptors (Lipinski definition) is 4. The Kier molecular flexibility index (Phi) is 13.0. The topological polar surface area (TPSA) is 115 Å². The van der Waals surface area contributed by atoms with E-state index >= 15 is 0 Å². The minimum Gasteiger partial charge on any atom is -0.478 e. The quantitative estimate of drug-likeness (QED) is 0.613. The maximum absolute atomic E-state index is 10.2. The van der Waals surface area contributed by atoms with E-state index in [0.717, 1.165) is 6.42 Å². The predicted molar refractivity (Wildman–Crippen MR) is 104 cm³/mol. The Morgan fingerprint density at radius 1 is 0.852 bits per heavy atom.